The van der Waals surface area contributed by atoms with Crippen molar-refractivity contribution in [3.63, 3.8) is 0 Å². The summed E-state index contributed by atoms with van der Waals surface area (Å²) in [6.45, 7) is 4.89. The molecule has 2 rings (SSSR count). The molecule has 7 nitrogen and oxygen atoms in total. The zero-order valence-electron chi connectivity index (χ0n) is 15.8. The number of sulfonamides is 1. The fourth-order valence-electron chi connectivity index (χ4n) is 2.87. The zero-order chi connectivity index (χ0) is 19.2. The number of hydrogen-bond acceptors (Lipinski definition) is 5. The van der Waals surface area contributed by atoms with Gasteiger partial charge in [0.1, 0.15) is 0 Å². The summed E-state index contributed by atoms with van der Waals surface area (Å²) in [6, 6.07) is 5.91. The number of ketones is 1. The molecule has 0 spiro atoms. The Labute approximate surface area is 167 Å². The Bertz CT molecular complexity index is 729. The van der Waals surface area contributed by atoms with Gasteiger partial charge in [0.25, 0.3) is 0 Å². The highest BCUT2D eigenvalue weighted by Crippen LogP contribution is 2.16. The van der Waals surface area contributed by atoms with Crippen LogP contribution in [-0.2, 0) is 14.8 Å². The Morgan fingerprint density at radius 1 is 1.15 bits per heavy atom. The number of amides is 1. The third-order valence-electron chi connectivity index (χ3n) is 4.53. The molecule has 1 fully saturated rings. The van der Waals surface area contributed by atoms with Crippen LogP contribution in [0.1, 0.15) is 36.5 Å². The number of benzene rings is 1. The van der Waals surface area contributed by atoms with Crippen LogP contribution in [0.2, 0.25) is 0 Å². The number of rotatable bonds is 7. The summed E-state index contributed by atoms with van der Waals surface area (Å²) in [5, 5.41) is 3.25. The van der Waals surface area contributed by atoms with Crippen LogP contribution in [0.3, 0.4) is 0 Å². The molecule has 0 radical (unpaired) electrons. The smallest absolute Gasteiger partial charge is 0.242 e. The van der Waals surface area contributed by atoms with Crippen LogP contribution < -0.4 is 5.32 Å². The first-order valence-electron chi connectivity index (χ1n) is 8.88. The Morgan fingerprint density at radius 3 is 2.44 bits per heavy atom. The second kappa shape index (κ2) is 10.8. The first-order valence-corrected chi connectivity index (χ1v) is 10.3. The molecular weight excluding hydrogens is 390 g/mol. The lowest BCUT2D eigenvalue weighted by molar-refractivity contribution is -0.131. The van der Waals surface area contributed by atoms with Gasteiger partial charge in [-0.15, -0.1) is 12.4 Å². The summed E-state index contributed by atoms with van der Waals surface area (Å²) in [5.74, 6) is -0.0326. The topological polar surface area (TPSA) is 86.8 Å². The summed E-state index contributed by atoms with van der Waals surface area (Å²) >= 11 is 0. The van der Waals surface area contributed by atoms with Crippen molar-refractivity contribution in [3.05, 3.63) is 29.8 Å². The van der Waals surface area contributed by atoms with E-state index in [1.54, 1.807) is 0 Å². The van der Waals surface area contributed by atoms with E-state index in [1.807, 2.05) is 4.90 Å². The monoisotopic (exact) mass is 417 g/mol. The van der Waals surface area contributed by atoms with E-state index < -0.39 is 10.0 Å². The average molecular weight is 418 g/mol. The molecule has 152 valence electrons. The third-order valence-corrected chi connectivity index (χ3v) is 6.40. The number of carbonyl (C=O) groups excluding carboxylic acids is 2. The molecule has 0 bridgehead atoms. The molecule has 1 aliphatic rings. The van der Waals surface area contributed by atoms with E-state index in [4.69, 9.17) is 0 Å². The molecule has 1 N–H and O–H groups in total. The van der Waals surface area contributed by atoms with Gasteiger partial charge < -0.3 is 10.2 Å². The van der Waals surface area contributed by atoms with Crippen molar-refractivity contribution in [2.24, 2.45) is 0 Å². The molecule has 1 saturated heterocycles. The van der Waals surface area contributed by atoms with E-state index in [0.29, 0.717) is 24.9 Å². The predicted molar refractivity (Wildman–Crippen MR) is 107 cm³/mol. The highest BCUT2D eigenvalue weighted by atomic mass is 35.5. The summed E-state index contributed by atoms with van der Waals surface area (Å²) in [6.07, 6.45) is 1.75. The van der Waals surface area contributed by atoms with Gasteiger partial charge in [0.05, 0.1) is 4.90 Å². The minimum Gasteiger partial charge on any atom is -0.341 e. The molecule has 1 aliphatic heterocycles. The van der Waals surface area contributed by atoms with Gasteiger partial charge in [-0.3, -0.25) is 9.59 Å². The van der Waals surface area contributed by atoms with Crippen molar-refractivity contribution in [1.29, 1.82) is 0 Å². The van der Waals surface area contributed by atoms with Crippen LogP contribution in [0, 0.1) is 0 Å². The van der Waals surface area contributed by atoms with Gasteiger partial charge in [-0.2, -0.15) is 0 Å². The second-order valence-electron chi connectivity index (χ2n) is 6.50. The van der Waals surface area contributed by atoms with E-state index in [-0.39, 0.29) is 35.5 Å². The van der Waals surface area contributed by atoms with Crippen molar-refractivity contribution in [2.45, 2.75) is 31.1 Å². The van der Waals surface area contributed by atoms with Gasteiger partial charge in [0, 0.05) is 45.2 Å². The maximum absolute atomic E-state index is 12.6. The van der Waals surface area contributed by atoms with E-state index in [1.165, 1.54) is 42.5 Å². The Kier molecular flexibility index (Phi) is 9.38. The fourth-order valence-corrected chi connectivity index (χ4v) is 4.08. The van der Waals surface area contributed by atoms with Crippen molar-refractivity contribution in [2.75, 3.05) is 39.8 Å². The predicted octanol–water partition coefficient (Wildman–Crippen LogP) is 1.53. The first kappa shape index (κ1) is 23.6. The number of nitrogens with zero attached hydrogens (tertiary/aromatic N) is 2. The maximum Gasteiger partial charge on any atom is 0.242 e. The molecule has 0 aliphatic carbocycles. The van der Waals surface area contributed by atoms with Crippen molar-refractivity contribution in [1.82, 2.24) is 14.5 Å². The van der Waals surface area contributed by atoms with Crippen LogP contribution >= 0.6 is 12.4 Å². The quantitative estimate of drug-likeness (QED) is 0.680. The van der Waals surface area contributed by atoms with E-state index in [2.05, 4.69) is 5.32 Å². The maximum atomic E-state index is 12.6. The number of hydrogen-bond donors (Lipinski definition) is 1. The molecule has 27 heavy (non-hydrogen) atoms. The van der Waals surface area contributed by atoms with Crippen LogP contribution in [0.15, 0.2) is 29.2 Å². The number of nitrogens with one attached hydrogen (secondary N) is 1. The Morgan fingerprint density at radius 2 is 1.81 bits per heavy atom. The standard InChI is InChI=1S/C18H27N3O4S.ClH/c1-15(22)16-6-8-17(9-7-16)26(24,25)20(2)12-3-5-18(23)21-13-4-10-19-11-14-21;/h6-9,19H,3-5,10-14H2,1-2H3;1H. The highest BCUT2D eigenvalue weighted by molar-refractivity contribution is 7.89. The molecule has 0 saturated carbocycles. The van der Waals surface area contributed by atoms with E-state index in [0.717, 1.165) is 26.1 Å². The molecule has 1 aromatic rings. The first-order chi connectivity index (χ1) is 12.3. The highest BCUT2D eigenvalue weighted by Gasteiger charge is 2.21. The Balaban J connectivity index is 0.00000364. The number of halogens is 1. The second-order valence-corrected chi connectivity index (χ2v) is 8.54. The van der Waals surface area contributed by atoms with E-state index in [9.17, 15) is 18.0 Å². The normalized spacial score (nSPS) is 15.1. The lowest BCUT2D eigenvalue weighted by Crippen LogP contribution is -2.35. The third kappa shape index (κ3) is 6.57. The van der Waals surface area contributed by atoms with E-state index >= 15 is 0 Å². The summed E-state index contributed by atoms with van der Waals surface area (Å²) in [5.41, 5.74) is 0.476. The summed E-state index contributed by atoms with van der Waals surface area (Å²) < 4.78 is 26.4. The van der Waals surface area contributed by atoms with Crippen molar-refractivity contribution < 1.29 is 18.0 Å². The van der Waals surface area contributed by atoms with Crippen molar-refractivity contribution in [3.8, 4) is 0 Å². The van der Waals surface area contributed by atoms with Crippen LogP contribution in [0.4, 0.5) is 0 Å². The minimum atomic E-state index is -3.62. The summed E-state index contributed by atoms with van der Waals surface area (Å²) in [7, 11) is -2.11. The van der Waals surface area contributed by atoms with Gasteiger partial charge in [0.2, 0.25) is 15.9 Å². The molecule has 1 amide bonds. The minimum absolute atomic E-state index is 0. The van der Waals surface area contributed by atoms with Gasteiger partial charge in [-0.05, 0) is 38.4 Å². The lowest BCUT2D eigenvalue weighted by Gasteiger charge is -2.21. The van der Waals surface area contributed by atoms with Gasteiger partial charge in [0.15, 0.2) is 5.78 Å². The molecule has 0 atom stereocenters. The largest absolute Gasteiger partial charge is 0.341 e. The fraction of sp³-hybridized carbons (Fsp3) is 0.556. The Hall–Kier alpha value is -1.48. The van der Waals surface area contributed by atoms with Gasteiger partial charge >= 0.3 is 0 Å². The molecule has 9 heteroatoms. The average Bonchev–Trinajstić information content (AvgIpc) is 2.91. The lowest BCUT2D eigenvalue weighted by atomic mass is 10.2. The molecule has 1 aromatic carbocycles. The molecular formula is C18H28ClN3O4S. The molecule has 0 unspecified atom stereocenters. The number of carbonyl (C=O) groups is 2. The van der Waals surface area contributed by atoms with Gasteiger partial charge in [-0.1, -0.05) is 12.1 Å². The summed E-state index contributed by atoms with van der Waals surface area (Å²) in [4.78, 5) is 25.5. The number of Topliss-reactive ketones (excluding diaryl/α,β-unsaturated/α-hetero) is 1. The molecule has 0 aromatic heterocycles. The molecule has 1 heterocycles. The van der Waals surface area contributed by atoms with Crippen LogP contribution in [0.5, 0.6) is 0 Å². The van der Waals surface area contributed by atoms with Gasteiger partial charge in [-0.25, -0.2) is 12.7 Å². The van der Waals surface area contributed by atoms with Crippen LogP contribution in [0.25, 0.3) is 0 Å². The SMILES string of the molecule is CC(=O)c1ccc(S(=O)(=O)N(C)CCCC(=O)N2CCCNCC2)cc1.Cl. The van der Waals surface area contributed by atoms with Crippen LogP contribution in [-0.4, -0.2) is 69.1 Å². The zero-order valence-corrected chi connectivity index (χ0v) is 17.4. The van der Waals surface area contributed by atoms with Crippen molar-refractivity contribution >= 4 is 34.1 Å².